The largest absolute Gasteiger partial charge is 0.389 e. The Balaban J connectivity index is 1.95. The number of nitro groups is 1. The number of nitrogens with zero attached hydrogens (tertiary/aromatic N) is 4. The number of β-amino-alcohol motifs (C(OH)–C–C–N with tert-alkyl or cyclic N) is 1. The number of fused-ring (bicyclic) bond motifs is 1. The van der Waals surface area contributed by atoms with E-state index in [9.17, 15) is 15.2 Å². The van der Waals surface area contributed by atoms with E-state index in [1.165, 1.54) is 6.34 Å². The van der Waals surface area contributed by atoms with Crippen molar-refractivity contribution in [1.82, 2.24) is 4.90 Å². The maximum atomic E-state index is 11.1. The van der Waals surface area contributed by atoms with E-state index in [1.54, 1.807) is 4.90 Å². The van der Waals surface area contributed by atoms with Crippen LogP contribution in [0.4, 0.5) is 5.69 Å². The van der Waals surface area contributed by atoms with Crippen molar-refractivity contribution in [3.8, 4) is 0 Å². The van der Waals surface area contributed by atoms with Crippen LogP contribution in [0.2, 0.25) is 0 Å². The number of aliphatic imine (C=N–C) groups is 1. The topological polar surface area (TPSA) is 82.2 Å². The molecule has 1 N–H and O–H groups in total. The summed E-state index contributed by atoms with van der Waals surface area (Å²) in [5.74, 6) is 0. The first-order valence-corrected chi connectivity index (χ1v) is 6.09. The first-order valence-electron chi connectivity index (χ1n) is 6.09. The van der Waals surface area contributed by atoms with Crippen molar-refractivity contribution in [2.75, 3.05) is 18.0 Å². The zero-order valence-corrected chi connectivity index (χ0v) is 10.2. The number of hydrogen-bond donors (Lipinski definition) is 1. The third kappa shape index (κ3) is 2.01. The summed E-state index contributed by atoms with van der Waals surface area (Å²) < 4.78 is 0. The highest BCUT2D eigenvalue weighted by Gasteiger charge is 2.47. The van der Waals surface area contributed by atoms with Crippen LogP contribution in [0.3, 0.4) is 0 Å². The van der Waals surface area contributed by atoms with Gasteiger partial charge >= 0.3 is 6.17 Å². The zero-order chi connectivity index (χ0) is 13.4. The summed E-state index contributed by atoms with van der Waals surface area (Å²) in [4.78, 5) is 18.2. The average Bonchev–Trinajstić information content (AvgIpc) is 2.82. The van der Waals surface area contributed by atoms with Crippen LogP contribution in [0.1, 0.15) is 0 Å². The molecule has 1 fully saturated rings. The number of rotatable bonds is 2. The summed E-state index contributed by atoms with van der Waals surface area (Å²) in [6.45, 7) is 0.751. The smallest absolute Gasteiger partial charge is 0.343 e. The van der Waals surface area contributed by atoms with Gasteiger partial charge in [-0.2, -0.15) is 4.99 Å². The summed E-state index contributed by atoms with van der Waals surface area (Å²) in [6.07, 6.45) is -0.543. The molecule has 1 aromatic carbocycles. The van der Waals surface area contributed by atoms with Crippen molar-refractivity contribution in [3.63, 3.8) is 0 Å². The second kappa shape index (κ2) is 4.51. The molecule has 2 aliphatic rings. The molecule has 19 heavy (non-hydrogen) atoms. The summed E-state index contributed by atoms with van der Waals surface area (Å²) in [5, 5.41) is 21.0. The lowest BCUT2D eigenvalue weighted by atomic mass is 10.1. The van der Waals surface area contributed by atoms with Crippen LogP contribution in [0.15, 0.2) is 35.3 Å². The number of para-hydroxylation sites is 1. The molecule has 7 nitrogen and oxygen atoms in total. The molecule has 0 spiro atoms. The van der Waals surface area contributed by atoms with Crippen molar-refractivity contribution in [1.29, 1.82) is 0 Å². The van der Waals surface area contributed by atoms with Crippen LogP contribution in [0.5, 0.6) is 0 Å². The van der Waals surface area contributed by atoms with Gasteiger partial charge in [-0.15, -0.1) is 0 Å². The van der Waals surface area contributed by atoms with Gasteiger partial charge in [0.2, 0.25) is 0 Å². The van der Waals surface area contributed by atoms with Gasteiger partial charge in [0, 0.05) is 18.8 Å². The Morgan fingerprint density at radius 3 is 2.74 bits per heavy atom. The average molecular weight is 262 g/mol. The van der Waals surface area contributed by atoms with Crippen molar-refractivity contribution < 1.29 is 10.0 Å². The van der Waals surface area contributed by atoms with Gasteiger partial charge in [0.25, 0.3) is 0 Å². The number of aliphatic hydroxyl groups is 1. The molecule has 0 radical (unpaired) electrons. The molecule has 1 aromatic rings. The van der Waals surface area contributed by atoms with Gasteiger partial charge in [-0.05, 0) is 12.1 Å². The Hall–Kier alpha value is -2.15. The highest BCUT2D eigenvalue weighted by atomic mass is 16.6. The molecule has 3 rings (SSSR count). The van der Waals surface area contributed by atoms with Crippen LogP contribution in [0.25, 0.3) is 0 Å². The van der Waals surface area contributed by atoms with Gasteiger partial charge in [0.05, 0.1) is 17.4 Å². The van der Waals surface area contributed by atoms with Crippen LogP contribution >= 0.6 is 0 Å². The van der Waals surface area contributed by atoms with E-state index in [2.05, 4.69) is 4.99 Å². The van der Waals surface area contributed by atoms with E-state index in [4.69, 9.17) is 0 Å². The highest BCUT2D eigenvalue weighted by Crippen LogP contribution is 2.28. The Bertz CT molecular complexity index is 507. The summed E-state index contributed by atoms with van der Waals surface area (Å²) in [6, 6.07) is 9.39. The zero-order valence-electron chi connectivity index (χ0n) is 10.2. The molecule has 0 saturated carbocycles. The van der Waals surface area contributed by atoms with Gasteiger partial charge in [0.15, 0.2) is 6.17 Å². The predicted molar refractivity (Wildman–Crippen MR) is 69.6 cm³/mol. The van der Waals surface area contributed by atoms with E-state index >= 15 is 0 Å². The second-order valence-electron chi connectivity index (χ2n) is 4.72. The standard InChI is InChI=1S/C12H14N4O3/c17-10-6-14-8-13-11(16(18)19)12(14)15(7-10)9-4-2-1-3-5-9/h1-5,8,10-12,17H,6-7H2. The molecular weight excluding hydrogens is 248 g/mol. The van der Waals surface area contributed by atoms with Gasteiger partial charge in [-0.1, -0.05) is 18.2 Å². The van der Waals surface area contributed by atoms with Gasteiger partial charge in [-0.25, -0.2) is 0 Å². The molecule has 2 heterocycles. The molecular formula is C12H14N4O3. The number of benzene rings is 1. The first kappa shape index (κ1) is 11.9. The molecule has 3 atom stereocenters. The van der Waals surface area contributed by atoms with E-state index in [0.29, 0.717) is 13.1 Å². The SMILES string of the molecule is O=[N+]([O-])C1N=CN2CC(O)CN(c3ccccc3)C12. The molecule has 7 heteroatoms. The quantitative estimate of drug-likeness (QED) is 0.605. The number of hydrogen-bond acceptors (Lipinski definition) is 6. The minimum absolute atomic E-state index is 0.374. The van der Waals surface area contributed by atoms with Crippen LogP contribution < -0.4 is 4.90 Å². The van der Waals surface area contributed by atoms with E-state index in [1.807, 2.05) is 35.2 Å². The van der Waals surface area contributed by atoms with E-state index in [0.717, 1.165) is 5.69 Å². The van der Waals surface area contributed by atoms with Crippen molar-refractivity contribution >= 4 is 12.0 Å². The Labute approximate surface area is 109 Å². The predicted octanol–water partition coefficient (Wildman–Crippen LogP) is 0.140. The minimum Gasteiger partial charge on any atom is -0.389 e. The molecule has 100 valence electrons. The number of anilines is 1. The number of aliphatic hydroxyl groups excluding tert-OH is 1. The molecule has 0 bridgehead atoms. The fraction of sp³-hybridized carbons (Fsp3) is 0.417. The third-order valence-corrected chi connectivity index (χ3v) is 3.43. The maximum Gasteiger partial charge on any atom is 0.343 e. The van der Waals surface area contributed by atoms with Gasteiger partial charge < -0.3 is 14.9 Å². The molecule has 0 amide bonds. The van der Waals surface area contributed by atoms with Gasteiger partial charge in [-0.3, -0.25) is 10.1 Å². The normalized spacial score (nSPS) is 29.4. The molecule has 0 aliphatic carbocycles. The molecule has 3 unspecified atom stereocenters. The minimum atomic E-state index is -1.01. The third-order valence-electron chi connectivity index (χ3n) is 3.43. The van der Waals surface area contributed by atoms with E-state index in [-0.39, 0.29) is 4.92 Å². The van der Waals surface area contributed by atoms with Crippen molar-refractivity contribution in [3.05, 3.63) is 40.4 Å². The van der Waals surface area contributed by atoms with Crippen LogP contribution in [-0.4, -0.2) is 52.8 Å². The van der Waals surface area contributed by atoms with Crippen LogP contribution in [0, 0.1) is 10.1 Å². The highest BCUT2D eigenvalue weighted by molar-refractivity contribution is 5.62. The summed E-state index contributed by atoms with van der Waals surface area (Å²) in [7, 11) is 0. The van der Waals surface area contributed by atoms with E-state index < -0.39 is 18.4 Å². The second-order valence-corrected chi connectivity index (χ2v) is 4.72. The molecule has 1 saturated heterocycles. The Morgan fingerprint density at radius 1 is 1.32 bits per heavy atom. The lowest BCUT2D eigenvalue weighted by molar-refractivity contribution is -0.525. The summed E-state index contributed by atoms with van der Waals surface area (Å²) in [5.41, 5.74) is 0.855. The first-order chi connectivity index (χ1) is 9.16. The van der Waals surface area contributed by atoms with Gasteiger partial charge in [0.1, 0.15) is 0 Å². The van der Waals surface area contributed by atoms with Crippen molar-refractivity contribution in [2.45, 2.75) is 18.4 Å². The fourth-order valence-corrected chi connectivity index (χ4v) is 2.64. The Kier molecular flexibility index (Phi) is 2.83. The molecule has 2 aliphatic heterocycles. The lowest BCUT2D eigenvalue weighted by Gasteiger charge is -2.42. The summed E-state index contributed by atoms with van der Waals surface area (Å²) >= 11 is 0. The Morgan fingerprint density at radius 2 is 2.05 bits per heavy atom. The molecule has 0 aromatic heterocycles. The lowest BCUT2D eigenvalue weighted by Crippen LogP contribution is -2.61. The fourth-order valence-electron chi connectivity index (χ4n) is 2.64. The maximum absolute atomic E-state index is 11.1. The monoisotopic (exact) mass is 262 g/mol. The van der Waals surface area contributed by atoms with Crippen LogP contribution in [-0.2, 0) is 0 Å². The van der Waals surface area contributed by atoms with Crippen molar-refractivity contribution in [2.24, 2.45) is 4.99 Å².